The van der Waals surface area contributed by atoms with E-state index in [2.05, 4.69) is 11.0 Å². The lowest BCUT2D eigenvalue weighted by Gasteiger charge is -2.36. The van der Waals surface area contributed by atoms with Crippen LogP contribution in [-0.2, 0) is 20.9 Å². The zero-order valence-corrected chi connectivity index (χ0v) is 24.0. The summed E-state index contributed by atoms with van der Waals surface area (Å²) in [5, 5.41) is 9.89. The first-order valence-electron chi connectivity index (χ1n) is 13.1. The number of ether oxygens (including phenoxy) is 1. The lowest BCUT2D eigenvalue weighted by Crippen LogP contribution is -2.43. The van der Waals surface area contributed by atoms with Gasteiger partial charge in [-0.2, -0.15) is 5.26 Å². The van der Waals surface area contributed by atoms with E-state index in [4.69, 9.17) is 17.0 Å². The number of carbonyl (C=O) groups is 2. The van der Waals surface area contributed by atoms with Crippen molar-refractivity contribution in [1.82, 2.24) is 9.47 Å². The minimum atomic E-state index is -0.342. The van der Waals surface area contributed by atoms with Crippen LogP contribution in [0.2, 0.25) is 0 Å². The molecule has 200 valence electrons. The predicted octanol–water partition coefficient (Wildman–Crippen LogP) is 4.61. The Morgan fingerprint density at radius 1 is 1.32 bits per heavy atom. The summed E-state index contributed by atoms with van der Waals surface area (Å²) in [5.74, 6) is -0.0628. The molecule has 3 heterocycles. The Morgan fingerprint density at radius 2 is 2.05 bits per heavy atom. The minimum absolute atomic E-state index is 0.0282. The van der Waals surface area contributed by atoms with E-state index in [9.17, 15) is 19.6 Å². The van der Waals surface area contributed by atoms with E-state index in [0.717, 1.165) is 25.7 Å². The maximum atomic E-state index is 13.5. The van der Waals surface area contributed by atoms with Crippen molar-refractivity contribution < 1.29 is 14.3 Å². The molecule has 2 unspecified atom stereocenters. The Labute approximate surface area is 228 Å². The first-order chi connectivity index (χ1) is 17.7. The summed E-state index contributed by atoms with van der Waals surface area (Å²) in [6.45, 7) is 11.4. The Hall–Kier alpha value is -2.64. The van der Waals surface area contributed by atoms with Crippen LogP contribution in [0.15, 0.2) is 9.70 Å². The number of anilines is 1. The van der Waals surface area contributed by atoms with Crippen LogP contribution in [0.5, 0.6) is 0 Å². The summed E-state index contributed by atoms with van der Waals surface area (Å²) in [6, 6.07) is 2.06. The molecule has 3 rings (SSSR count). The number of thiocarbonyl (C=S) groups is 1. The number of rotatable bonds is 9. The monoisotopic (exact) mass is 544 g/mol. The standard InChI is InChI=1S/C27H36N4O4S2/c1-6-9-13-30-23(29-12-10-11-19(16-29)26(34)35-8-3)20(18(5)21(15-28)24(30)32)14-22-25(33)31(17(4)7-2)27(36)37-22/h14,17,19H,6-13,16H2,1-5H3. The zero-order chi connectivity index (χ0) is 27.3. The largest absolute Gasteiger partial charge is 0.466 e. The third-order valence-electron chi connectivity index (χ3n) is 7.05. The molecule has 0 bridgehead atoms. The molecule has 0 aliphatic carbocycles. The van der Waals surface area contributed by atoms with Gasteiger partial charge in [-0.1, -0.05) is 44.2 Å². The number of esters is 1. The van der Waals surface area contributed by atoms with E-state index in [1.165, 1.54) is 11.8 Å². The number of amides is 1. The smallest absolute Gasteiger partial charge is 0.310 e. The molecule has 37 heavy (non-hydrogen) atoms. The highest BCUT2D eigenvalue weighted by molar-refractivity contribution is 8.26. The molecule has 8 nitrogen and oxygen atoms in total. The number of piperidine rings is 1. The van der Waals surface area contributed by atoms with Gasteiger partial charge in [0.2, 0.25) is 0 Å². The number of aromatic nitrogens is 1. The van der Waals surface area contributed by atoms with Crippen LogP contribution in [0.3, 0.4) is 0 Å². The van der Waals surface area contributed by atoms with Crippen molar-refractivity contribution in [2.24, 2.45) is 5.92 Å². The Morgan fingerprint density at radius 3 is 2.68 bits per heavy atom. The highest BCUT2D eigenvalue weighted by atomic mass is 32.2. The number of nitriles is 1. The van der Waals surface area contributed by atoms with E-state index >= 15 is 0 Å². The quantitative estimate of drug-likeness (QED) is 0.253. The molecule has 1 amide bonds. The second-order valence-corrected chi connectivity index (χ2v) is 11.2. The number of nitrogens with zero attached hydrogens (tertiary/aromatic N) is 4. The van der Waals surface area contributed by atoms with E-state index < -0.39 is 0 Å². The van der Waals surface area contributed by atoms with Crippen LogP contribution < -0.4 is 10.5 Å². The molecule has 0 N–H and O–H groups in total. The molecular formula is C27H36N4O4S2. The molecule has 0 spiro atoms. The minimum Gasteiger partial charge on any atom is -0.466 e. The third kappa shape index (κ3) is 5.93. The maximum Gasteiger partial charge on any atom is 0.310 e. The second-order valence-electron chi connectivity index (χ2n) is 9.51. The fourth-order valence-electron chi connectivity index (χ4n) is 4.80. The topological polar surface area (TPSA) is 95.6 Å². The van der Waals surface area contributed by atoms with E-state index in [0.29, 0.717) is 58.8 Å². The van der Waals surface area contributed by atoms with Crippen molar-refractivity contribution in [3.05, 3.63) is 31.9 Å². The van der Waals surface area contributed by atoms with E-state index in [1.54, 1.807) is 29.4 Å². The van der Waals surface area contributed by atoms with Crippen LogP contribution >= 0.6 is 24.0 Å². The predicted molar refractivity (Wildman–Crippen MR) is 151 cm³/mol. The molecular weight excluding hydrogens is 508 g/mol. The SMILES string of the molecule is CCCCn1c(N2CCCC(C(=O)OCC)C2)c(C=C2SC(=S)N(C(C)CC)C2=O)c(C)c(C#N)c1=O. The second kappa shape index (κ2) is 12.7. The van der Waals surface area contributed by atoms with Crippen LogP contribution in [0.1, 0.15) is 76.5 Å². The number of hydrogen-bond donors (Lipinski definition) is 0. The van der Waals surface area contributed by atoms with Gasteiger partial charge in [0.1, 0.15) is 21.8 Å². The average Bonchev–Trinajstić information content (AvgIpc) is 3.17. The fraction of sp³-hybridized carbons (Fsp3) is 0.593. The van der Waals surface area contributed by atoms with Gasteiger partial charge >= 0.3 is 5.97 Å². The normalized spacial score (nSPS) is 19.9. The van der Waals surface area contributed by atoms with Gasteiger partial charge in [-0.05, 0) is 58.1 Å². The Bertz CT molecular complexity index is 1200. The molecule has 0 aromatic carbocycles. The molecule has 2 fully saturated rings. The van der Waals surface area contributed by atoms with Gasteiger partial charge in [0, 0.05) is 31.2 Å². The number of unbranched alkanes of at least 4 members (excludes halogenated alkanes) is 1. The van der Waals surface area contributed by atoms with Crippen molar-refractivity contribution in [2.75, 3.05) is 24.6 Å². The van der Waals surface area contributed by atoms with Crippen LogP contribution in [0, 0.1) is 24.2 Å². The number of pyridine rings is 1. The number of thioether (sulfide) groups is 1. The highest BCUT2D eigenvalue weighted by Gasteiger charge is 2.36. The Balaban J connectivity index is 2.22. The van der Waals surface area contributed by atoms with Crippen molar-refractivity contribution in [3.8, 4) is 6.07 Å². The van der Waals surface area contributed by atoms with Crippen LogP contribution in [0.25, 0.3) is 6.08 Å². The average molecular weight is 545 g/mol. The fourth-order valence-corrected chi connectivity index (χ4v) is 6.25. The number of hydrogen-bond acceptors (Lipinski definition) is 8. The van der Waals surface area contributed by atoms with Gasteiger partial charge in [0.25, 0.3) is 11.5 Å². The van der Waals surface area contributed by atoms with Gasteiger partial charge < -0.3 is 9.64 Å². The lowest BCUT2D eigenvalue weighted by molar-refractivity contribution is -0.148. The lowest BCUT2D eigenvalue weighted by atomic mass is 9.96. The van der Waals surface area contributed by atoms with Gasteiger partial charge in [0.15, 0.2) is 0 Å². The summed E-state index contributed by atoms with van der Waals surface area (Å²) < 4.78 is 7.46. The molecule has 2 aliphatic rings. The third-order valence-corrected chi connectivity index (χ3v) is 8.38. The van der Waals surface area contributed by atoms with Gasteiger partial charge in [-0.15, -0.1) is 0 Å². The Kier molecular flexibility index (Phi) is 9.96. The van der Waals surface area contributed by atoms with Gasteiger partial charge in [0.05, 0.1) is 17.4 Å². The first kappa shape index (κ1) is 28.9. The van der Waals surface area contributed by atoms with Crippen LogP contribution in [-0.4, -0.2) is 51.4 Å². The van der Waals surface area contributed by atoms with Crippen molar-refractivity contribution in [3.63, 3.8) is 0 Å². The molecule has 2 atom stereocenters. The summed E-state index contributed by atoms with van der Waals surface area (Å²) in [5.41, 5.74) is 0.914. The molecule has 0 saturated carbocycles. The summed E-state index contributed by atoms with van der Waals surface area (Å²) in [6.07, 6.45) is 5.66. The van der Waals surface area contributed by atoms with Crippen molar-refractivity contribution >= 4 is 52.1 Å². The molecule has 10 heteroatoms. The molecule has 2 saturated heterocycles. The molecule has 1 aromatic heterocycles. The summed E-state index contributed by atoms with van der Waals surface area (Å²) in [4.78, 5) is 43.6. The van der Waals surface area contributed by atoms with E-state index in [1.807, 2.05) is 20.8 Å². The molecule has 1 aromatic rings. The van der Waals surface area contributed by atoms with Crippen LogP contribution in [0.4, 0.5) is 5.82 Å². The van der Waals surface area contributed by atoms with Gasteiger partial charge in [-0.3, -0.25) is 23.9 Å². The summed E-state index contributed by atoms with van der Waals surface area (Å²) >= 11 is 6.77. The van der Waals surface area contributed by atoms with Crippen molar-refractivity contribution in [2.45, 2.75) is 79.3 Å². The maximum absolute atomic E-state index is 13.5. The molecule has 2 aliphatic heterocycles. The zero-order valence-electron chi connectivity index (χ0n) is 22.3. The highest BCUT2D eigenvalue weighted by Crippen LogP contribution is 2.38. The summed E-state index contributed by atoms with van der Waals surface area (Å²) in [7, 11) is 0. The molecule has 0 radical (unpaired) electrons. The van der Waals surface area contributed by atoms with Gasteiger partial charge in [-0.25, -0.2) is 0 Å². The van der Waals surface area contributed by atoms with E-state index in [-0.39, 0.29) is 35.0 Å². The first-order valence-corrected chi connectivity index (χ1v) is 14.3. The number of carbonyl (C=O) groups excluding carboxylic acids is 2. The van der Waals surface area contributed by atoms with Crippen molar-refractivity contribution in [1.29, 1.82) is 5.26 Å².